The molecule has 3 nitrogen and oxygen atoms in total. The number of halogens is 2. The molecule has 0 unspecified atom stereocenters. The maximum absolute atomic E-state index is 11.2. The third kappa shape index (κ3) is 1.31. The van der Waals surface area contributed by atoms with E-state index in [9.17, 15) is 9.59 Å². The minimum atomic E-state index is -0.927. The van der Waals surface area contributed by atoms with Crippen molar-refractivity contribution in [1.82, 2.24) is 0 Å². The molecule has 2 aliphatic rings. The molecule has 0 aromatic rings. The van der Waals surface area contributed by atoms with E-state index in [0.29, 0.717) is 8.96 Å². The normalized spacial score (nSPS) is 23.6. The molecule has 0 N–H and O–H groups in total. The lowest BCUT2D eigenvalue weighted by Gasteiger charge is -2.22. The van der Waals surface area contributed by atoms with E-state index < -0.39 is 11.6 Å². The van der Waals surface area contributed by atoms with E-state index in [1.807, 2.05) is 0 Å². The van der Waals surface area contributed by atoms with Crippen LogP contribution in [0.2, 0.25) is 0 Å². The van der Waals surface area contributed by atoms with Gasteiger partial charge in [0.25, 0.3) is 0 Å². The Bertz CT molecular complexity index is 402. The number of rotatable bonds is 0. The molecule has 0 fully saturated rings. The van der Waals surface area contributed by atoms with Gasteiger partial charge in [0.05, 0.1) is 4.48 Å². The van der Waals surface area contributed by atoms with E-state index in [1.165, 1.54) is 12.2 Å². The Morgan fingerprint density at radius 2 is 1.71 bits per heavy atom. The molecule has 0 atom stereocenters. The van der Waals surface area contributed by atoms with Gasteiger partial charge in [0.1, 0.15) is 4.48 Å². The molecule has 0 aromatic heterocycles. The van der Waals surface area contributed by atoms with E-state index >= 15 is 0 Å². The maximum Gasteiger partial charge on any atom is 0.347 e. The van der Waals surface area contributed by atoms with Crippen LogP contribution in [0.4, 0.5) is 0 Å². The summed E-state index contributed by atoms with van der Waals surface area (Å²) in [5.41, 5.74) is -0.927. The molecule has 1 spiro atoms. The second-order valence-electron chi connectivity index (χ2n) is 2.88. The van der Waals surface area contributed by atoms with Crippen LogP contribution in [0.15, 0.2) is 33.3 Å². The summed E-state index contributed by atoms with van der Waals surface area (Å²) >= 11 is 6.36. The third-order valence-electron chi connectivity index (χ3n) is 1.97. The van der Waals surface area contributed by atoms with Crippen LogP contribution in [0.25, 0.3) is 0 Å². The average molecular weight is 320 g/mol. The van der Waals surface area contributed by atoms with Crippen LogP contribution in [-0.2, 0) is 14.3 Å². The molecular weight excluding hydrogens is 316 g/mol. The molecule has 2 rings (SSSR count). The van der Waals surface area contributed by atoms with Crippen molar-refractivity contribution < 1.29 is 14.3 Å². The summed E-state index contributed by atoms with van der Waals surface area (Å²) in [5, 5.41) is 0. The fourth-order valence-corrected chi connectivity index (χ4v) is 2.14. The molecule has 72 valence electrons. The second kappa shape index (κ2) is 3.17. The first-order valence-electron chi connectivity index (χ1n) is 3.77. The Morgan fingerprint density at radius 3 is 2.14 bits per heavy atom. The SMILES string of the molecule is O=C1C=CC2(C=C1)OC(=O)C(Br)=C2Br. The standard InChI is InChI=1S/C9H4Br2O3/c10-6-7(11)9(14-8(6)13)3-1-5(12)2-4-9/h1-4H. The first-order chi connectivity index (χ1) is 6.55. The van der Waals surface area contributed by atoms with Gasteiger partial charge >= 0.3 is 5.97 Å². The summed E-state index contributed by atoms with van der Waals surface area (Å²) in [4.78, 5) is 22.1. The molecule has 1 aliphatic heterocycles. The number of hydrogen-bond acceptors (Lipinski definition) is 3. The Hall–Kier alpha value is -0.680. The maximum atomic E-state index is 11.2. The Kier molecular flexibility index (Phi) is 2.23. The predicted molar refractivity (Wildman–Crippen MR) is 57.0 cm³/mol. The molecule has 0 saturated heterocycles. The van der Waals surface area contributed by atoms with E-state index in [4.69, 9.17) is 4.74 Å². The van der Waals surface area contributed by atoms with Crippen molar-refractivity contribution in [3.63, 3.8) is 0 Å². The summed E-state index contributed by atoms with van der Waals surface area (Å²) in [6.07, 6.45) is 5.84. The van der Waals surface area contributed by atoms with Gasteiger partial charge in [-0.2, -0.15) is 0 Å². The molecule has 1 heterocycles. The first-order valence-corrected chi connectivity index (χ1v) is 5.35. The van der Waals surface area contributed by atoms with Crippen molar-refractivity contribution in [1.29, 1.82) is 0 Å². The summed E-state index contributed by atoms with van der Waals surface area (Å²) in [6.45, 7) is 0. The van der Waals surface area contributed by atoms with Gasteiger partial charge in [-0.3, -0.25) is 4.79 Å². The smallest absolute Gasteiger partial charge is 0.347 e. The number of ether oxygens (including phenoxy) is 1. The van der Waals surface area contributed by atoms with Gasteiger partial charge in [-0.25, -0.2) is 4.79 Å². The van der Waals surface area contributed by atoms with Crippen LogP contribution in [-0.4, -0.2) is 17.4 Å². The number of carbonyl (C=O) groups is 2. The van der Waals surface area contributed by atoms with Crippen molar-refractivity contribution in [2.45, 2.75) is 5.60 Å². The van der Waals surface area contributed by atoms with Crippen LogP contribution in [0.3, 0.4) is 0 Å². The van der Waals surface area contributed by atoms with E-state index in [1.54, 1.807) is 12.2 Å². The molecule has 0 radical (unpaired) electrons. The summed E-state index contributed by atoms with van der Waals surface area (Å²) < 4.78 is 6.06. The highest BCUT2D eigenvalue weighted by molar-refractivity contribution is 9.14. The van der Waals surface area contributed by atoms with Crippen molar-refractivity contribution in [3.8, 4) is 0 Å². The third-order valence-corrected chi connectivity index (χ3v) is 4.24. The fourth-order valence-electron chi connectivity index (χ4n) is 1.24. The number of esters is 1. The van der Waals surface area contributed by atoms with Crippen LogP contribution in [0.1, 0.15) is 0 Å². The Labute approximate surface area is 96.8 Å². The largest absolute Gasteiger partial charge is 0.441 e. The molecule has 14 heavy (non-hydrogen) atoms. The number of allylic oxidation sites excluding steroid dienone is 2. The monoisotopic (exact) mass is 318 g/mol. The zero-order valence-corrected chi connectivity index (χ0v) is 9.96. The van der Waals surface area contributed by atoms with Crippen molar-refractivity contribution in [3.05, 3.63) is 33.3 Å². The molecular formula is C9H4Br2O3. The van der Waals surface area contributed by atoms with Crippen LogP contribution in [0, 0.1) is 0 Å². The van der Waals surface area contributed by atoms with Crippen LogP contribution >= 0.6 is 31.9 Å². The Morgan fingerprint density at radius 1 is 1.14 bits per heavy atom. The van der Waals surface area contributed by atoms with Crippen LogP contribution in [0.5, 0.6) is 0 Å². The van der Waals surface area contributed by atoms with Crippen LogP contribution < -0.4 is 0 Å². The van der Waals surface area contributed by atoms with Gasteiger partial charge in [0, 0.05) is 0 Å². The van der Waals surface area contributed by atoms with Gasteiger partial charge in [-0.1, -0.05) is 0 Å². The Balaban J connectivity index is 2.47. The topological polar surface area (TPSA) is 43.4 Å². The predicted octanol–water partition coefficient (Wildman–Crippen LogP) is 1.98. The van der Waals surface area contributed by atoms with Gasteiger partial charge in [0.15, 0.2) is 11.4 Å². The molecule has 0 aromatic carbocycles. The van der Waals surface area contributed by atoms with E-state index in [0.717, 1.165) is 0 Å². The number of hydrogen-bond donors (Lipinski definition) is 0. The molecule has 1 aliphatic carbocycles. The lowest BCUT2D eigenvalue weighted by atomic mass is 9.98. The first kappa shape index (κ1) is 9.86. The highest BCUT2D eigenvalue weighted by atomic mass is 79.9. The highest BCUT2D eigenvalue weighted by Gasteiger charge is 2.43. The zero-order chi connectivity index (χ0) is 10.3. The molecule has 0 bridgehead atoms. The summed E-state index contributed by atoms with van der Waals surface area (Å²) in [7, 11) is 0. The summed E-state index contributed by atoms with van der Waals surface area (Å²) in [5.74, 6) is -0.560. The van der Waals surface area contributed by atoms with Crippen molar-refractivity contribution in [2.24, 2.45) is 0 Å². The van der Waals surface area contributed by atoms with Gasteiger partial charge < -0.3 is 4.74 Å². The van der Waals surface area contributed by atoms with Crippen molar-refractivity contribution in [2.75, 3.05) is 0 Å². The lowest BCUT2D eigenvalue weighted by molar-refractivity contribution is -0.140. The minimum absolute atomic E-state index is 0.116. The van der Waals surface area contributed by atoms with Gasteiger partial charge in [0.2, 0.25) is 0 Å². The number of ketones is 1. The highest BCUT2D eigenvalue weighted by Crippen LogP contribution is 2.42. The molecule has 5 heteroatoms. The second-order valence-corrected chi connectivity index (χ2v) is 4.47. The van der Waals surface area contributed by atoms with E-state index in [2.05, 4.69) is 31.9 Å². The molecule has 0 saturated carbocycles. The fraction of sp³-hybridized carbons (Fsp3) is 0.111. The average Bonchev–Trinajstić information content (AvgIpc) is 2.37. The number of carbonyl (C=O) groups excluding carboxylic acids is 2. The van der Waals surface area contributed by atoms with E-state index in [-0.39, 0.29) is 5.78 Å². The minimum Gasteiger partial charge on any atom is -0.441 e. The zero-order valence-electron chi connectivity index (χ0n) is 6.79. The summed E-state index contributed by atoms with van der Waals surface area (Å²) in [6, 6.07) is 0. The lowest BCUT2D eigenvalue weighted by Crippen LogP contribution is -2.27. The van der Waals surface area contributed by atoms with Gasteiger partial charge in [-0.05, 0) is 56.2 Å². The van der Waals surface area contributed by atoms with Crippen molar-refractivity contribution >= 4 is 43.6 Å². The quantitative estimate of drug-likeness (QED) is 0.641. The molecule has 0 amide bonds. The van der Waals surface area contributed by atoms with Gasteiger partial charge in [-0.15, -0.1) is 0 Å².